The summed E-state index contributed by atoms with van der Waals surface area (Å²) < 4.78 is 14.0. The Balaban J connectivity index is 2.01. The second-order valence-corrected chi connectivity index (χ2v) is 6.47. The maximum absolute atomic E-state index is 14.0. The summed E-state index contributed by atoms with van der Waals surface area (Å²) in [6, 6.07) is 4.77. The van der Waals surface area contributed by atoms with E-state index in [9.17, 15) is 4.39 Å². The van der Waals surface area contributed by atoms with Gasteiger partial charge in [-0.2, -0.15) is 0 Å². The largest absolute Gasteiger partial charge is 0.312 e. The Morgan fingerprint density at radius 1 is 1.45 bits per heavy atom. The molecule has 5 heteroatoms. The van der Waals surface area contributed by atoms with Crippen LogP contribution in [0.15, 0.2) is 18.2 Å². The van der Waals surface area contributed by atoms with Gasteiger partial charge in [0.15, 0.2) is 0 Å². The van der Waals surface area contributed by atoms with Gasteiger partial charge in [0.05, 0.1) is 16.3 Å². The van der Waals surface area contributed by atoms with Crippen LogP contribution in [-0.4, -0.2) is 11.5 Å². The summed E-state index contributed by atoms with van der Waals surface area (Å²) >= 11 is 7.69. The lowest BCUT2D eigenvalue weighted by molar-refractivity contribution is 0.631. The molecule has 106 valence electrons. The molecule has 1 aromatic carbocycles. The highest BCUT2D eigenvalue weighted by molar-refractivity contribution is 7.15. The SMILES string of the molecule is CCNCc1sc(-c2c(F)cccc2Cl)nc1C1CC1. The van der Waals surface area contributed by atoms with Gasteiger partial charge in [-0.25, -0.2) is 9.37 Å². The highest BCUT2D eigenvalue weighted by Gasteiger charge is 2.30. The number of hydrogen-bond donors (Lipinski definition) is 1. The zero-order valence-electron chi connectivity index (χ0n) is 11.2. The number of aromatic nitrogens is 1. The van der Waals surface area contributed by atoms with E-state index in [2.05, 4.69) is 17.2 Å². The minimum Gasteiger partial charge on any atom is -0.312 e. The van der Waals surface area contributed by atoms with Crippen LogP contribution in [0, 0.1) is 5.82 Å². The van der Waals surface area contributed by atoms with E-state index in [1.165, 1.54) is 23.8 Å². The summed E-state index contributed by atoms with van der Waals surface area (Å²) in [5, 5.41) is 4.45. The fourth-order valence-electron chi connectivity index (χ4n) is 2.21. The molecule has 0 bridgehead atoms. The smallest absolute Gasteiger partial charge is 0.134 e. The molecule has 3 rings (SSSR count). The quantitative estimate of drug-likeness (QED) is 0.873. The molecule has 1 fully saturated rings. The number of nitrogens with zero attached hydrogens (tertiary/aromatic N) is 1. The zero-order valence-corrected chi connectivity index (χ0v) is 12.8. The highest BCUT2D eigenvalue weighted by atomic mass is 35.5. The fraction of sp³-hybridized carbons (Fsp3) is 0.400. The summed E-state index contributed by atoms with van der Waals surface area (Å²) in [4.78, 5) is 5.88. The maximum Gasteiger partial charge on any atom is 0.134 e. The summed E-state index contributed by atoms with van der Waals surface area (Å²) in [5.41, 5.74) is 1.56. The van der Waals surface area contributed by atoms with Gasteiger partial charge in [0, 0.05) is 17.3 Å². The molecule has 1 aliphatic rings. The summed E-state index contributed by atoms with van der Waals surface area (Å²) in [7, 11) is 0. The van der Waals surface area contributed by atoms with Gasteiger partial charge < -0.3 is 5.32 Å². The highest BCUT2D eigenvalue weighted by Crippen LogP contribution is 2.45. The Hall–Kier alpha value is -0.970. The number of halogens is 2. The van der Waals surface area contributed by atoms with E-state index < -0.39 is 0 Å². The van der Waals surface area contributed by atoms with Crippen molar-refractivity contribution in [3.05, 3.63) is 39.6 Å². The molecule has 1 saturated carbocycles. The van der Waals surface area contributed by atoms with Crippen LogP contribution in [0.2, 0.25) is 5.02 Å². The normalized spacial score (nSPS) is 14.8. The third-order valence-electron chi connectivity index (χ3n) is 3.40. The third-order valence-corrected chi connectivity index (χ3v) is 4.81. The van der Waals surface area contributed by atoms with Crippen LogP contribution in [0.3, 0.4) is 0 Å². The monoisotopic (exact) mass is 310 g/mol. The van der Waals surface area contributed by atoms with Crippen LogP contribution in [0.4, 0.5) is 4.39 Å². The van der Waals surface area contributed by atoms with Crippen molar-refractivity contribution in [2.24, 2.45) is 0 Å². The summed E-state index contributed by atoms with van der Waals surface area (Å²) in [6.07, 6.45) is 2.38. The average Bonchev–Trinajstić information content (AvgIpc) is 3.18. The van der Waals surface area contributed by atoms with Crippen molar-refractivity contribution in [3.63, 3.8) is 0 Å². The van der Waals surface area contributed by atoms with E-state index in [1.807, 2.05) is 0 Å². The van der Waals surface area contributed by atoms with E-state index in [1.54, 1.807) is 23.5 Å². The van der Waals surface area contributed by atoms with Gasteiger partial charge in [-0.1, -0.05) is 24.6 Å². The van der Waals surface area contributed by atoms with Crippen molar-refractivity contribution in [1.29, 1.82) is 0 Å². The second-order valence-electron chi connectivity index (χ2n) is 4.98. The third kappa shape index (κ3) is 2.73. The van der Waals surface area contributed by atoms with Crippen LogP contribution < -0.4 is 5.32 Å². The van der Waals surface area contributed by atoms with Gasteiger partial charge in [-0.05, 0) is 31.5 Å². The molecule has 0 spiro atoms. The Bertz CT molecular complexity index is 602. The number of benzene rings is 1. The van der Waals surface area contributed by atoms with Crippen molar-refractivity contribution in [3.8, 4) is 10.6 Å². The summed E-state index contributed by atoms with van der Waals surface area (Å²) in [5.74, 6) is 0.253. The lowest BCUT2D eigenvalue weighted by Gasteiger charge is -2.01. The zero-order chi connectivity index (χ0) is 14.1. The number of thiazole rings is 1. The minimum atomic E-state index is -0.302. The Labute approximate surface area is 127 Å². The Morgan fingerprint density at radius 2 is 2.25 bits per heavy atom. The predicted octanol–water partition coefficient (Wildman–Crippen LogP) is 4.59. The minimum absolute atomic E-state index is 0.302. The van der Waals surface area contributed by atoms with E-state index in [4.69, 9.17) is 11.6 Å². The molecule has 1 N–H and O–H groups in total. The van der Waals surface area contributed by atoms with Crippen LogP contribution >= 0.6 is 22.9 Å². The van der Waals surface area contributed by atoms with E-state index in [0.717, 1.165) is 18.8 Å². The molecule has 0 radical (unpaired) electrons. The molecule has 2 nitrogen and oxygen atoms in total. The summed E-state index contributed by atoms with van der Waals surface area (Å²) in [6.45, 7) is 3.79. The molecular formula is C15H16ClFN2S. The van der Waals surface area contributed by atoms with Gasteiger partial charge in [-0.3, -0.25) is 0 Å². The molecule has 0 saturated heterocycles. The van der Waals surface area contributed by atoms with Crippen molar-refractivity contribution >= 4 is 22.9 Å². The molecule has 1 aromatic heterocycles. The molecule has 0 amide bonds. The van der Waals surface area contributed by atoms with Crippen molar-refractivity contribution < 1.29 is 4.39 Å². The molecule has 0 atom stereocenters. The maximum atomic E-state index is 14.0. The van der Waals surface area contributed by atoms with Gasteiger partial charge in [0.2, 0.25) is 0 Å². The number of nitrogens with one attached hydrogen (secondary N) is 1. The topological polar surface area (TPSA) is 24.9 Å². The van der Waals surface area contributed by atoms with E-state index in [0.29, 0.717) is 21.5 Å². The van der Waals surface area contributed by atoms with Crippen LogP contribution in [-0.2, 0) is 6.54 Å². The van der Waals surface area contributed by atoms with Crippen molar-refractivity contribution in [1.82, 2.24) is 10.3 Å². The first-order valence-electron chi connectivity index (χ1n) is 6.85. The van der Waals surface area contributed by atoms with Crippen LogP contribution in [0.5, 0.6) is 0 Å². The van der Waals surface area contributed by atoms with Gasteiger partial charge in [0.1, 0.15) is 10.8 Å². The Morgan fingerprint density at radius 3 is 2.90 bits per heavy atom. The molecule has 0 unspecified atom stereocenters. The molecule has 1 aliphatic carbocycles. The number of hydrogen-bond acceptors (Lipinski definition) is 3. The lowest BCUT2D eigenvalue weighted by atomic mass is 10.2. The first-order chi connectivity index (χ1) is 9.70. The van der Waals surface area contributed by atoms with E-state index >= 15 is 0 Å². The first-order valence-corrected chi connectivity index (χ1v) is 8.04. The second kappa shape index (κ2) is 5.80. The number of rotatable bonds is 5. The average molecular weight is 311 g/mol. The molecule has 1 heterocycles. The molecule has 20 heavy (non-hydrogen) atoms. The van der Waals surface area contributed by atoms with E-state index in [-0.39, 0.29) is 5.82 Å². The molecular weight excluding hydrogens is 295 g/mol. The van der Waals surface area contributed by atoms with Gasteiger partial charge >= 0.3 is 0 Å². The van der Waals surface area contributed by atoms with Crippen LogP contribution in [0.1, 0.15) is 36.3 Å². The Kier molecular flexibility index (Phi) is 4.06. The first kappa shape index (κ1) is 14.0. The van der Waals surface area contributed by atoms with Crippen LogP contribution in [0.25, 0.3) is 10.6 Å². The van der Waals surface area contributed by atoms with Crippen molar-refractivity contribution in [2.75, 3.05) is 6.54 Å². The van der Waals surface area contributed by atoms with Crippen molar-refractivity contribution in [2.45, 2.75) is 32.2 Å². The standard InChI is InChI=1S/C15H16ClFN2S/c1-2-18-8-12-14(9-6-7-9)19-15(20-12)13-10(16)4-3-5-11(13)17/h3-5,9,18H,2,6-8H2,1H3. The fourth-order valence-corrected chi connectivity index (χ4v) is 3.70. The lowest BCUT2D eigenvalue weighted by Crippen LogP contribution is -2.11. The predicted molar refractivity (Wildman–Crippen MR) is 81.9 cm³/mol. The van der Waals surface area contributed by atoms with Gasteiger partial charge in [0.25, 0.3) is 0 Å². The van der Waals surface area contributed by atoms with Gasteiger partial charge in [-0.15, -0.1) is 11.3 Å². The molecule has 2 aromatic rings. The molecule has 0 aliphatic heterocycles.